The van der Waals surface area contributed by atoms with Crippen molar-refractivity contribution < 1.29 is 9.47 Å². The highest BCUT2D eigenvalue weighted by molar-refractivity contribution is 5.80. The summed E-state index contributed by atoms with van der Waals surface area (Å²) in [5.41, 5.74) is 1.89. The monoisotopic (exact) mass is 226 g/mol. The molecule has 0 radical (unpaired) electrons. The van der Waals surface area contributed by atoms with E-state index in [1.54, 1.807) is 0 Å². The van der Waals surface area contributed by atoms with Gasteiger partial charge in [0.25, 0.3) is 0 Å². The van der Waals surface area contributed by atoms with E-state index in [1.807, 2.05) is 30.3 Å². The van der Waals surface area contributed by atoms with Gasteiger partial charge in [-0.15, -0.1) is 0 Å². The fourth-order valence-corrected chi connectivity index (χ4v) is 1.94. The average Bonchev–Trinajstić information content (AvgIpc) is 2.91. The van der Waals surface area contributed by atoms with Crippen LogP contribution in [0.3, 0.4) is 0 Å². The van der Waals surface area contributed by atoms with Crippen LogP contribution in [0.2, 0.25) is 0 Å². The molecule has 4 nitrogen and oxygen atoms in total. The van der Waals surface area contributed by atoms with Crippen LogP contribution in [-0.4, -0.2) is 18.2 Å². The van der Waals surface area contributed by atoms with Crippen LogP contribution < -0.4 is 0 Å². The van der Waals surface area contributed by atoms with Gasteiger partial charge in [-0.05, 0) is 12.1 Å². The van der Waals surface area contributed by atoms with Crippen LogP contribution in [0.1, 0.15) is 17.5 Å². The van der Waals surface area contributed by atoms with Crippen LogP contribution >= 0.6 is 0 Å². The van der Waals surface area contributed by atoms with Crippen molar-refractivity contribution in [3.05, 3.63) is 41.6 Å². The summed E-state index contributed by atoms with van der Waals surface area (Å²) in [6.45, 7) is 1.12. The maximum absolute atomic E-state index is 9.11. The lowest BCUT2D eigenvalue weighted by Crippen LogP contribution is -2.03. The number of aromatic nitrogens is 1. The molecule has 1 fully saturated rings. The van der Waals surface area contributed by atoms with Gasteiger partial charge in [-0.2, -0.15) is 5.26 Å². The van der Waals surface area contributed by atoms with E-state index in [0.29, 0.717) is 24.5 Å². The van der Waals surface area contributed by atoms with Gasteiger partial charge in [0.2, 0.25) is 0 Å². The van der Waals surface area contributed by atoms with Crippen molar-refractivity contribution in [1.29, 1.82) is 5.26 Å². The summed E-state index contributed by atoms with van der Waals surface area (Å²) in [6, 6.07) is 11.7. The quantitative estimate of drug-likeness (QED) is 0.747. The van der Waals surface area contributed by atoms with Crippen molar-refractivity contribution in [3.63, 3.8) is 0 Å². The van der Waals surface area contributed by atoms with E-state index in [1.165, 1.54) is 0 Å². The minimum Gasteiger partial charge on any atom is -0.346 e. The summed E-state index contributed by atoms with van der Waals surface area (Å²) in [6.07, 6.45) is -0.457. The fourth-order valence-electron chi connectivity index (χ4n) is 1.94. The van der Waals surface area contributed by atoms with Gasteiger partial charge in [-0.3, -0.25) is 0 Å². The van der Waals surface area contributed by atoms with E-state index >= 15 is 0 Å². The van der Waals surface area contributed by atoms with Gasteiger partial charge >= 0.3 is 0 Å². The number of ether oxygens (including phenoxy) is 2. The zero-order valence-electron chi connectivity index (χ0n) is 9.09. The summed E-state index contributed by atoms with van der Waals surface area (Å²) >= 11 is 0. The summed E-state index contributed by atoms with van der Waals surface area (Å²) in [5, 5.41) is 10.1. The predicted molar refractivity (Wildman–Crippen MR) is 61.1 cm³/mol. The summed E-state index contributed by atoms with van der Waals surface area (Å²) in [4.78, 5) is 4.32. The second-order valence-electron chi connectivity index (χ2n) is 3.80. The molecule has 0 bridgehead atoms. The lowest BCUT2D eigenvalue weighted by Gasteiger charge is -2.11. The lowest BCUT2D eigenvalue weighted by molar-refractivity contribution is -0.0444. The zero-order valence-corrected chi connectivity index (χ0v) is 9.09. The summed E-state index contributed by atoms with van der Waals surface area (Å²) in [5.74, 6) is 0. The third kappa shape index (κ3) is 1.76. The molecule has 0 unspecified atom stereocenters. The van der Waals surface area contributed by atoms with Crippen LogP contribution in [0.4, 0.5) is 0 Å². The second kappa shape index (κ2) is 4.13. The SMILES string of the molecule is N#Cc1nc2ccccc2cc1C1OCCO1. The number of benzene rings is 1. The molecular weight excluding hydrogens is 216 g/mol. The first-order chi connectivity index (χ1) is 8.38. The van der Waals surface area contributed by atoms with Crippen molar-refractivity contribution in [2.75, 3.05) is 13.2 Å². The van der Waals surface area contributed by atoms with E-state index < -0.39 is 6.29 Å². The number of hydrogen-bond acceptors (Lipinski definition) is 4. The number of para-hydroxylation sites is 1. The normalized spacial score (nSPS) is 16.2. The Bertz CT molecular complexity index is 598. The van der Waals surface area contributed by atoms with Gasteiger partial charge in [0.05, 0.1) is 18.7 Å². The van der Waals surface area contributed by atoms with E-state index in [-0.39, 0.29) is 0 Å². The molecule has 17 heavy (non-hydrogen) atoms. The molecule has 1 aromatic heterocycles. The van der Waals surface area contributed by atoms with Gasteiger partial charge in [-0.25, -0.2) is 4.98 Å². The number of rotatable bonds is 1. The maximum atomic E-state index is 9.11. The number of hydrogen-bond donors (Lipinski definition) is 0. The Labute approximate surface area is 98.4 Å². The van der Waals surface area contributed by atoms with Crippen molar-refractivity contribution in [1.82, 2.24) is 4.98 Å². The van der Waals surface area contributed by atoms with Crippen molar-refractivity contribution >= 4 is 10.9 Å². The molecule has 1 aliphatic rings. The Hall–Kier alpha value is -1.96. The minimum atomic E-state index is -0.457. The van der Waals surface area contributed by atoms with Crippen molar-refractivity contribution in [2.45, 2.75) is 6.29 Å². The third-order valence-corrected chi connectivity index (χ3v) is 2.74. The molecule has 0 aliphatic carbocycles. The first-order valence-electron chi connectivity index (χ1n) is 5.41. The molecule has 0 amide bonds. The summed E-state index contributed by atoms with van der Waals surface area (Å²) < 4.78 is 10.8. The number of nitrogens with zero attached hydrogens (tertiary/aromatic N) is 2. The van der Waals surface area contributed by atoms with E-state index in [9.17, 15) is 0 Å². The number of pyridine rings is 1. The maximum Gasteiger partial charge on any atom is 0.186 e. The average molecular weight is 226 g/mol. The Morgan fingerprint density at radius 2 is 2.00 bits per heavy atom. The highest BCUT2D eigenvalue weighted by atomic mass is 16.7. The highest BCUT2D eigenvalue weighted by Crippen LogP contribution is 2.27. The molecule has 4 heteroatoms. The molecule has 1 aromatic carbocycles. The number of fused-ring (bicyclic) bond motifs is 1. The minimum absolute atomic E-state index is 0.371. The predicted octanol–water partition coefficient (Wildman–Crippen LogP) is 2.15. The van der Waals surface area contributed by atoms with Crippen molar-refractivity contribution in [3.8, 4) is 6.07 Å². The largest absolute Gasteiger partial charge is 0.346 e. The Morgan fingerprint density at radius 1 is 1.24 bits per heavy atom. The molecule has 2 aromatic rings. The van der Waals surface area contributed by atoms with Crippen molar-refractivity contribution in [2.24, 2.45) is 0 Å². The van der Waals surface area contributed by atoms with E-state index in [4.69, 9.17) is 14.7 Å². The van der Waals surface area contributed by atoms with Gasteiger partial charge in [0.1, 0.15) is 11.8 Å². The fraction of sp³-hybridized carbons (Fsp3) is 0.231. The van der Waals surface area contributed by atoms with Crippen LogP contribution in [0, 0.1) is 11.3 Å². The van der Waals surface area contributed by atoms with Gasteiger partial charge in [0.15, 0.2) is 6.29 Å². The first-order valence-corrected chi connectivity index (χ1v) is 5.41. The summed E-state index contributed by atoms with van der Waals surface area (Å²) in [7, 11) is 0. The molecular formula is C13H10N2O2. The molecule has 84 valence electrons. The standard InChI is InChI=1S/C13H10N2O2/c14-8-12-10(13-16-5-6-17-13)7-9-3-1-2-4-11(9)15-12/h1-4,7,13H,5-6H2. The number of nitriles is 1. The van der Waals surface area contributed by atoms with Crippen LogP contribution in [0.5, 0.6) is 0 Å². The smallest absolute Gasteiger partial charge is 0.186 e. The molecule has 1 aliphatic heterocycles. The van der Waals surface area contributed by atoms with E-state index in [0.717, 1.165) is 10.9 Å². The molecule has 0 saturated carbocycles. The zero-order chi connectivity index (χ0) is 11.7. The molecule has 2 heterocycles. The van der Waals surface area contributed by atoms with Crippen LogP contribution in [-0.2, 0) is 9.47 Å². The van der Waals surface area contributed by atoms with E-state index in [2.05, 4.69) is 11.1 Å². The third-order valence-electron chi connectivity index (χ3n) is 2.74. The Balaban J connectivity index is 2.18. The Kier molecular flexibility index (Phi) is 2.48. The van der Waals surface area contributed by atoms with Crippen LogP contribution in [0.25, 0.3) is 10.9 Å². The molecule has 1 saturated heterocycles. The molecule has 0 atom stereocenters. The molecule has 3 rings (SSSR count). The lowest BCUT2D eigenvalue weighted by atomic mass is 10.1. The van der Waals surface area contributed by atoms with Gasteiger partial charge in [-0.1, -0.05) is 18.2 Å². The highest BCUT2D eigenvalue weighted by Gasteiger charge is 2.22. The molecule has 0 spiro atoms. The first kappa shape index (κ1) is 10.2. The molecule has 0 N–H and O–H groups in total. The van der Waals surface area contributed by atoms with Crippen LogP contribution in [0.15, 0.2) is 30.3 Å². The second-order valence-corrected chi connectivity index (χ2v) is 3.80. The Morgan fingerprint density at radius 3 is 2.76 bits per heavy atom. The topological polar surface area (TPSA) is 55.1 Å². The van der Waals surface area contributed by atoms with Gasteiger partial charge < -0.3 is 9.47 Å². The van der Waals surface area contributed by atoms with Gasteiger partial charge in [0, 0.05) is 10.9 Å².